The number of nitrogens with two attached hydrogens (primary N) is 3. The molecule has 0 rings (SSSR count). The zero-order chi connectivity index (χ0) is 30.7. The first kappa shape index (κ1) is 43.9. The number of aliphatic carboxylic acids is 3. The van der Waals surface area contributed by atoms with E-state index in [9.17, 15) is 24.6 Å². The molecule has 20 nitrogen and oxygen atoms in total. The maximum Gasteiger partial charge on any atom is 2.00 e. The van der Waals surface area contributed by atoms with Crippen LogP contribution in [0.4, 0.5) is 0 Å². The summed E-state index contributed by atoms with van der Waals surface area (Å²) in [4.78, 5) is 33.9. The average Bonchev–Trinajstić information content (AvgIpc) is 2.87. The summed E-state index contributed by atoms with van der Waals surface area (Å²) >= 11 is 0. The molecule has 226 valence electrons. The van der Waals surface area contributed by atoms with E-state index in [0.29, 0.717) is 19.4 Å². The van der Waals surface area contributed by atoms with Crippen LogP contribution in [0.2, 0.25) is 0 Å². The number of carboxylic acids is 3. The van der Waals surface area contributed by atoms with Gasteiger partial charge < -0.3 is 93.2 Å². The van der Waals surface area contributed by atoms with Crippen molar-refractivity contribution in [2.24, 2.45) is 22.2 Å². The minimum atomic E-state index is -2.31. The number of hydrogen-bond acceptors (Lipinski definition) is 17. The van der Waals surface area contributed by atoms with Crippen LogP contribution in [0.5, 0.6) is 0 Å². The third-order valence-electron chi connectivity index (χ3n) is 4.28. The van der Waals surface area contributed by atoms with E-state index in [2.05, 4.69) is 4.99 Å². The van der Waals surface area contributed by atoms with E-state index in [1.165, 1.54) is 0 Å². The fourth-order valence-corrected chi connectivity index (χ4v) is 1.97. The summed E-state index contributed by atoms with van der Waals surface area (Å²) < 4.78 is 0. The number of carboxylic acid groups (broad SMARTS) is 3. The summed E-state index contributed by atoms with van der Waals surface area (Å²) in [5.74, 6) is -4.94. The first-order chi connectivity index (χ1) is 17.4. The van der Waals surface area contributed by atoms with Gasteiger partial charge >= 0.3 is 25.4 Å². The quantitative estimate of drug-likeness (QED) is 0.0345. The molecule has 0 amide bonds. The van der Waals surface area contributed by atoms with Crippen LogP contribution in [0.1, 0.15) is 12.8 Å². The predicted molar refractivity (Wildman–Crippen MR) is 118 cm³/mol. The van der Waals surface area contributed by atoms with Gasteiger partial charge in [-0.05, 0) is 12.8 Å². The van der Waals surface area contributed by atoms with Crippen LogP contribution in [0, 0.1) is 0 Å². The minimum absolute atomic E-state index is 0. The largest absolute Gasteiger partial charge is 2.00 e. The van der Waals surface area contributed by atoms with Crippen molar-refractivity contribution in [3.8, 4) is 0 Å². The number of nitrogens with zero attached hydrogens (tertiary/aromatic N) is 1. The summed E-state index contributed by atoms with van der Waals surface area (Å²) in [6, 6.07) is -0.820. The molecule has 0 aliphatic heterocycles. The van der Waals surface area contributed by atoms with E-state index < -0.39 is 86.0 Å². The maximum atomic E-state index is 10.2. The monoisotopic (exact) mass is 628 g/mol. The van der Waals surface area contributed by atoms with Gasteiger partial charge in [0.05, 0.1) is 25.2 Å². The molecule has 0 heterocycles. The SMILES string of the molecule is NC(N)=NCCC[C@H](N)C(=O)O.O=C([O-])C(O)C(O)C(O)C(O)CO.O=C([O-])C(O)C(O)C(O)C(O)CO.[Zn+2]. The molecule has 0 fully saturated rings. The Kier molecular flexibility index (Phi) is 26.7. The average molecular weight is 630 g/mol. The number of aliphatic hydroxyl groups excluding tert-OH is 10. The first-order valence-electron chi connectivity index (χ1n) is 10.5. The van der Waals surface area contributed by atoms with Crippen LogP contribution >= 0.6 is 0 Å². The van der Waals surface area contributed by atoms with Gasteiger partial charge in [-0.15, -0.1) is 0 Å². The number of carbonyl (C=O) groups is 3. The molecule has 0 radical (unpaired) electrons. The number of carbonyl (C=O) groups excluding carboxylic acids is 2. The number of hydrogen-bond donors (Lipinski definition) is 14. The Labute approximate surface area is 234 Å². The zero-order valence-corrected chi connectivity index (χ0v) is 23.5. The fraction of sp³-hybridized carbons (Fsp3) is 0.778. The minimum Gasteiger partial charge on any atom is -0.547 e. The Hall–Kier alpha value is -2.14. The van der Waals surface area contributed by atoms with E-state index in [0.717, 1.165) is 0 Å². The second-order valence-electron chi connectivity index (χ2n) is 7.38. The zero-order valence-electron chi connectivity index (χ0n) is 20.6. The van der Waals surface area contributed by atoms with Gasteiger partial charge in [-0.2, -0.15) is 0 Å². The van der Waals surface area contributed by atoms with Crippen molar-refractivity contribution in [1.82, 2.24) is 0 Å². The number of aliphatic hydroxyl groups is 10. The van der Waals surface area contributed by atoms with E-state index >= 15 is 0 Å². The van der Waals surface area contributed by atoms with Crippen molar-refractivity contribution in [3.63, 3.8) is 0 Å². The van der Waals surface area contributed by atoms with Gasteiger partial charge in [-0.25, -0.2) is 0 Å². The topological polar surface area (TPSA) is 410 Å². The van der Waals surface area contributed by atoms with Crippen molar-refractivity contribution in [2.75, 3.05) is 19.8 Å². The van der Waals surface area contributed by atoms with Gasteiger partial charge in [-0.1, -0.05) is 0 Å². The first-order valence-corrected chi connectivity index (χ1v) is 10.5. The number of guanidine groups is 1. The number of aliphatic imine (C=N–C) groups is 1. The maximum absolute atomic E-state index is 10.2. The molecule has 17 N–H and O–H groups in total. The molecule has 21 heteroatoms. The third-order valence-corrected chi connectivity index (χ3v) is 4.28. The Bertz CT molecular complexity index is 679. The summed E-state index contributed by atoms with van der Waals surface area (Å²) in [6.07, 6.45) is -15.2. The summed E-state index contributed by atoms with van der Waals surface area (Å²) in [5, 5.41) is 115. The van der Waals surface area contributed by atoms with Crippen molar-refractivity contribution in [3.05, 3.63) is 0 Å². The fourth-order valence-electron chi connectivity index (χ4n) is 1.97. The predicted octanol–water partition coefficient (Wildman–Crippen LogP) is -11.2. The van der Waals surface area contributed by atoms with Crippen LogP contribution in [-0.2, 0) is 33.9 Å². The van der Waals surface area contributed by atoms with E-state index in [1.54, 1.807) is 0 Å². The molecule has 0 aliphatic rings. The van der Waals surface area contributed by atoms with Gasteiger partial charge in [0.1, 0.15) is 54.9 Å². The smallest absolute Gasteiger partial charge is 0.547 e. The van der Waals surface area contributed by atoms with Crippen LogP contribution in [-0.4, -0.2) is 155 Å². The number of rotatable bonds is 15. The molecule has 0 saturated heterocycles. The van der Waals surface area contributed by atoms with Crippen LogP contribution in [0.15, 0.2) is 4.99 Å². The molecule has 0 aromatic heterocycles. The van der Waals surface area contributed by atoms with Crippen molar-refractivity contribution < 1.29 is 100 Å². The normalized spacial score (nSPS) is 17.3. The molecule has 0 saturated carbocycles. The van der Waals surface area contributed by atoms with Crippen molar-refractivity contribution >= 4 is 23.9 Å². The van der Waals surface area contributed by atoms with Crippen molar-refractivity contribution in [2.45, 2.75) is 67.7 Å². The third kappa shape index (κ3) is 20.4. The van der Waals surface area contributed by atoms with Crippen molar-refractivity contribution in [1.29, 1.82) is 0 Å². The van der Waals surface area contributed by atoms with E-state index in [1.807, 2.05) is 0 Å². The van der Waals surface area contributed by atoms with Crippen LogP contribution in [0.3, 0.4) is 0 Å². The Balaban J connectivity index is -0.000000233. The van der Waals surface area contributed by atoms with Gasteiger partial charge in [0, 0.05) is 6.54 Å². The summed E-state index contributed by atoms with van der Waals surface area (Å²) in [5.41, 5.74) is 15.3. The summed E-state index contributed by atoms with van der Waals surface area (Å²) in [7, 11) is 0. The second kappa shape index (κ2) is 23.7. The molecule has 9 atom stereocenters. The molecule has 0 aromatic rings. The van der Waals surface area contributed by atoms with E-state index in [-0.39, 0.29) is 25.4 Å². The molecule has 39 heavy (non-hydrogen) atoms. The van der Waals surface area contributed by atoms with Crippen LogP contribution in [0.25, 0.3) is 0 Å². The summed E-state index contributed by atoms with van der Waals surface area (Å²) in [6.45, 7) is -1.31. The molecule has 0 bridgehead atoms. The van der Waals surface area contributed by atoms with Gasteiger partial charge in [0.25, 0.3) is 0 Å². The molecular formula is C18H36N4O16Zn. The molecule has 0 aromatic carbocycles. The van der Waals surface area contributed by atoms with Gasteiger partial charge in [-0.3, -0.25) is 9.79 Å². The Morgan fingerprint density at radius 1 is 0.718 bits per heavy atom. The molecule has 8 unspecified atom stereocenters. The van der Waals surface area contributed by atoms with Crippen LogP contribution < -0.4 is 27.4 Å². The molecule has 0 aliphatic carbocycles. The van der Waals surface area contributed by atoms with E-state index in [4.69, 9.17) is 73.4 Å². The Morgan fingerprint density at radius 2 is 1.05 bits per heavy atom. The molecule has 0 spiro atoms. The molecular weight excluding hydrogens is 594 g/mol. The standard InChI is InChI=1S/C6H14N4O2.2C6H12O7.Zn/c7-4(5(11)12)2-1-3-10-6(8)9;2*7-1-2(8)3(9)4(10)5(11)6(12)13;/h4H,1-3,7H2,(H,11,12)(H4,8,9,10);2*2-5,7-11H,1H2,(H,12,13);/q;;;+2/p-2/t4-;;;/m0.../s1. The van der Waals surface area contributed by atoms with Gasteiger partial charge in [0.2, 0.25) is 0 Å². The van der Waals surface area contributed by atoms with Gasteiger partial charge in [0.15, 0.2) is 5.96 Å². The Morgan fingerprint density at radius 3 is 1.28 bits per heavy atom. The second-order valence-corrected chi connectivity index (χ2v) is 7.38.